The van der Waals surface area contributed by atoms with Gasteiger partial charge in [-0.25, -0.2) is 9.97 Å². The van der Waals surface area contributed by atoms with E-state index >= 15 is 0 Å². The summed E-state index contributed by atoms with van der Waals surface area (Å²) >= 11 is 0. The summed E-state index contributed by atoms with van der Waals surface area (Å²) in [6, 6.07) is 17.1. The van der Waals surface area contributed by atoms with Crippen LogP contribution < -0.4 is 10.6 Å². The van der Waals surface area contributed by atoms with Crippen LogP contribution >= 0.6 is 0 Å². The summed E-state index contributed by atoms with van der Waals surface area (Å²) < 4.78 is 0. The van der Waals surface area contributed by atoms with Crippen LogP contribution in [0.3, 0.4) is 0 Å². The minimum absolute atomic E-state index is 0.138. The van der Waals surface area contributed by atoms with Crippen LogP contribution in [0.4, 0.5) is 17.2 Å². The zero-order valence-corrected chi connectivity index (χ0v) is 16.4. The first kappa shape index (κ1) is 20.0. The van der Waals surface area contributed by atoms with Crippen molar-refractivity contribution in [2.45, 2.75) is 20.4 Å². The number of carbonyl (C=O) groups is 2. The average molecular weight is 389 g/mol. The molecule has 0 unspecified atom stereocenters. The molecule has 7 heteroatoms. The van der Waals surface area contributed by atoms with Crippen LogP contribution in [0, 0.1) is 0 Å². The quantitative estimate of drug-likeness (QED) is 0.641. The zero-order valence-electron chi connectivity index (χ0n) is 16.4. The maximum atomic E-state index is 12.8. The van der Waals surface area contributed by atoms with Gasteiger partial charge < -0.3 is 15.5 Å². The lowest BCUT2D eigenvalue weighted by Gasteiger charge is -2.20. The van der Waals surface area contributed by atoms with Crippen LogP contribution in [-0.2, 0) is 11.3 Å². The number of anilines is 3. The van der Waals surface area contributed by atoms with E-state index in [1.165, 1.54) is 19.3 Å². The molecule has 0 saturated carbocycles. The molecule has 7 nitrogen and oxygen atoms in total. The Morgan fingerprint density at radius 3 is 2.38 bits per heavy atom. The van der Waals surface area contributed by atoms with Crippen molar-refractivity contribution in [2.24, 2.45) is 0 Å². The number of hydrogen-bond donors (Lipinski definition) is 2. The number of carbonyl (C=O) groups excluding carboxylic acids is 2. The summed E-state index contributed by atoms with van der Waals surface area (Å²) in [5, 5.41) is 5.85. The van der Waals surface area contributed by atoms with Gasteiger partial charge in [0.2, 0.25) is 5.91 Å². The second-order valence-corrected chi connectivity index (χ2v) is 6.48. The SMILES string of the molecule is CCN(Cc1ccccc1)C(=O)c1cnc(Nc2cccc(NC(C)=O)c2)cn1. The molecule has 1 aromatic heterocycles. The number of hydrogen-bond acceptors (Lipinski definition) is 5. The maximum Gasteiger partial charge on any atom is 0.274 e. The molecule has 0 fully saturated rings. The van der Waals surface area contributed by atoms with E-state index in [-0.39, 0.29) is 11.8 Å². The summed E-state index contributed by atoms with van der Waals surface area (Å²) in [5.74, 6) is 0.205. The van der Waals surface area contributed by atoms with E-state index in [0.717, 1.165) is 11.3 Å². The van der Waals surface area contributed by atoms with Crippen LogP contribution in [0.5, 0.6) is 0 Å². The molecule has 0 atom stereocenters. The van der Waals surface area contributed by atoms with Crippen molar-refractivity contribution in [1.29, 1.82) is 0 Å². The zero-order chi connectivity index (χ0) is 20.6. The van der Waals surface area contributed by atoms with Gasteiger partial charge in [-0.15, -0.1) is 0 Å². The van der Waals surface area contributed by atoms with E-state index in [9.17, 15) is 9.59 Å². The van der Waals surface area contributed by atoms with Crippen LogP contribution in [0.15, 0.2) is 67.0 Å². The van der Waals surface area contributed by atoms with Crippen LogP contribution in [0.25, 0.3) is 0 Å². The Bertz CT molecular complexity index is 974. The molecule has 29 heavy (non-hydrogen) atoms. The number of aromatic nitrogens is 2. The molecule has 1 heterocycles. The Kier molecular flexibility index (Phi) is 6.52. The Morgan fingerprint density at radius 1 is 0.966 bits per heavy atom. The highest BCUT2D eigenvalue weighted by Crippen LogP contribution is 2.19. The molecular formula is C22H23N5O2. The van der Waals surface area contributed by atoms with E-state index in [0.29, 0.717) is 30.3 Å². The van der Waals surface area contributed by atoms with Crippen molar-refractivity contribution in [3.05, 3.63) is 78.2 Å². The van der Waals surface area contributed by atoms with Gasteiger partial charge in [-0.2, -0.15) is 0 Å². The molecular weight excluding hydrogens is 366 g/mol. The first-order chi connectivity index (χ1) is 14.0. The Hall–Kier alpha value is -3.74. The van der Waals surface area contributed by atoms with Crippen molar-refractivity contribution >= 4 is 29.0 Å². The highest BCUT2D eigenvalue weighted by molar-refractivity contribution is 5.92. The van der Waals surface area contributed by atoms with Crippen molar-refractivity contribution in [3.63, 3.8) is 0 Å². The topological polar surface area (TPSA) is 87.2 Å². The van der Waals surface area contributed by atoms with Gasteiger partial charge >= 0.3 is 0 Å². The van der Waals surface area contributed by atoms with Gasteiger partial charge in [0.15, 0.2) is 0 Å². The van der Waals surface area contributed by atoms with Gasteiger partial charge in [-0.05, 0) is 30.7 Å². The smallest absolute Gasteiger partial charge is 0.274 e. The monoisotopic (exact) mass is 389 g/mol. The van der Waals surface area contributed by atoms with E-state index in [1.807, 2.05) is 49.4 Å². The number of benzene rings is 2. The molecule has 0 aliphatic rings. The highest BCUT2D eigenvalue weighted by Gasteiger charge is 2.16. The first-order valence-electron chi connectivity index (χ1n) is 9.35. The molecule has 3 aromatic rings. The maximum absolute atomic E-state index is 12.8. The summed E-state index contributed by atoms with van der Waals surface area (Å²) in [4.78, 5) is 34.2. The fourth-order valence-electron chi connectivity index (χ4n) is 2.82. The van der Waals surface area contributed by atoms with Crippen molar-refractivity contribution in [3.8, 4) is 0 Å². The molecule has 0 bridgehead atoms. The average Bonchev–Trinajstić information content (AvgIpc) is 2.72. The molecule has 3 rings (SSSR count). The normalized spacial score (nSPS) is 10.3. The van der Waals surface area contributed by atoms with Crippen LogP contribution in [0.2, 0.25) is 0 Å². The Morgan fingerprint density at radius 2 is 1.72 bits per heavy atom. The van der Waals surface area contributed by atoms with E-state index in [4.69, 9.17) is 0 Å². The summed E-state index contributed by atoms with van der Waals surface area (Å²) in [7, 11) is 0. The first-order valence-corrected chi connectivity index (χ1v) is 9.35. The number of nitrogens with zero attached hydrogens (tertiary/aromatic N) is 3. The molecule has 0 aliphatic carbocycles. The molecule has 0 spiro atoms. The fraction of sp³-hybridized carbons (Fsp3) is 0.182. The Balaban J connectivity index is 1.67. The van der Waals surface area contributed by atoms with Gasteiger partial charge in [-0.3, -0.25) is 9.59 Å². The van der Waals surface area contributed by atoms with E-state index in [1.54, 1.807) is 17.0 Å². The van der Waals surface area contributed by atoms with Gasteiger partial charge in [-0.1, -0.05) is 36.4 Å². The van der Waals surface area contributed by atoms with E-state index < -0.39 is 0 Å². The minimum Gasteiger partial charge on any atom is -0.339 e. The highest BCUT2D eigenvalue weighted by atomic mass is 16.2. The molecule has 0 saturated heterocycles. The van der Waals surface area contributed by atoms with Crippen LogP contribution in [-0.4, -0.2) is 33.2 Å². The van der Waals surface area contributed by atoms with Crippen molar-refractivity contribution in [1.82, 2.24) is 14.9 Å². The number of rotatable bonds is 7. The van der Waals surface area contributed by atoms with Gasteiger partial charge in [0.1, 0.15) is 11.5 Å². The third kappa shape index (κ3) is 5.62. The summed E-state index contributed by atoms with van der Waals surface area (Å²) in [6.45, 7) is 4.49. The molecule has 148 valence electrons. The molecule has 0 radical (unpaired) electrons. The lowest BCUT2D eigenvalue weighted by Crippen LogP contribution is -2.31. The number of nitrogens with one attached hydrogen (secondary N) is 2. The van der Waals surface area contributed by atoms with E-state index in [2.05, 4.69) is 20.6 Å². The second-order valence-electron chi connectivity index (χ2n) is 6.48. The second kappa shape index (κ2) is 9.45. The van der Waals surface area contributed by atoms with Gasteiger partial charge in [0.05, 0.1) is 12.4 Å². The fourth-order valence-corrected chi connectivity index (χ4v) is 2.82. The summed E-state index contributed by atoms with van der Waals surface area (Å²) in [5.41, 5.74) is 2.79. The van der Waals surface area contributed by atoms with Crippen molar-refractivity contribution < 1.29 is 9.59 Å². The molecule has 2 aromatic carbocycles. The largest absolute Gasteiger partial charge is 0.339 e. The predicted octanol–water partition coefficient (Wildman–Crippen LogP) is 3.84. The van der Waals surface area contributed by atoms with Crippen LogP contribution in [0.1, 0.15) is 29.9 Å². The van der Waals surface area contributed by atoms with Gasteiger partial charge in [0.25, 0.3) is 5.91 Å². The molecule has 0 aliphatic heterocycles. The Labute approximate surface area is 169 Å². The standard InChI is InChI=1S/C22H23N5O2/c1-3-27(15-17-8-5-4-6-9-17)22(29)20-13-24-21(14-23-20)26-19-11-7-10-18(12-19)25-16(2)28/h4-14H,3,15H2,1-2H3,(H,24,26)(H,25,28). The molecule has 2 amide bonds. The summed E-state index contributed by atoms with van der Waals surface area (Å²) in [6.07, 6.45) is 2.99. The van der Waals surface area contributed by atoms with Crippen molar-refractivity contribution in [2.75, 3.05) is 17.2 Å². The molecule has 2 N–H and O–H groups in total. The minimum atomic E-state index is -0.164. The predicted molar refractivity (Wildman–Crippen MR) is 113 cm³/mol. The lowest BCUT2D eigenvalue weighted by atomic mass is 10.2. The third-order valence-corrected chi connectivity index (χ3v) is 4.21. The lowest BCUT2D eigenvalue weighted by molar-refractivity contribution is -0.114. The number of amides is 2. The van der Waals surface area contributed by atoms with Gasteiger partial charge in [0, 0.05) is 31.4 Å². The third-order valence-electron chi connectivity index (χ3n) is 4.21.